The summed E-state index contributed by atoms with van der Waals surface area (Å²) in [4.78, 5) is 29.8. The van der Waals surface area contributed by atoms with Gasteiger partial charge in [-0.3, -0.25) is 4.98 Å². The number of carbonyl (C=O) groups excluding carboxylic acids is 2. The summed E-state index contributed by atoms with van der Waals surface area (Å²) in [6.07, 6.45) is 2.41. The molecule has 7 nitrogen and oxygen atoms in total. The molecule has 1 aliphatic carbocycles. The number of carbonyl (C=O) groups is 2. The van der Waals surface area contributed by atoms with Gasteiger partial charge in [-0.1, -0.05) is 24.3 Å². The number of fused-ring (bicyclic) bond motifs is 1. The molecule has 0 saturated heterocycles. The first-order chi connectivity index (χ1) is 16.7. The van der Waals surface area contributed by atoms with Gasteiger partial charge in [-0.05, 0) is 81.1 Å². The average Bonchev–Trinajstić information content (AvgIpc) is 2.82. The number of pyridine rings is 1. The molecule has 2 aromatic carbocycles. The standard InChI is InChI=1S/C28H30N2O5/c1-27(2,3)35-26(32)30-28(25(31)33-4)14-13-19-11-12-23(17-21(19)18-28)34-22-9-7-8-20(16-22)24-10-5-6-15-29-24/h5-12,15-17H,13-14,18H2,1-4H3,(H,30,32). The third-order valence-corrected chi connectivity index (χ3v) is 5.84. The second-order valence-corrected chi connectivity index (χ2v) is 9.65. The molecule has 1 atom stereocenters. The molecule has 0 saturated carbocycles. The Labute approximate surface area is 205 Å². The van der Waals surface area contributed by atoms with Crippen LogP contribution in [-0.4, -0.2) is 35.3 Å². The van der Waals surface area contributed by atoms with Crippen molar-refractivity contribution in [2.75, 3.05) is 7.11 Å². The molecule has 0 radical (unpaired) electrons. The van der Waals surface area contributed by atoms with Gasteiger partial charge in [-0.25, -0.2) is 9.59 Å². The summed E-state index contributed by atoms with van der Waals surface area (Å²) in [5.41, 5.74) is 1.94. The lowest BCUT2D eigenvalue weighted by atomic mass is 9.78. The second kappa shape index (κ2) is 9.78. The predicted molar refractivity (Wildman–Crippen MR) is 132 cm³/mol. The van der Waals surface area contributed by atoms with E-state index in [1.54, 1.807) is 27.0 Å². The van der Waals surface area contributed by atoms with Crippen molar-refractivity contribution in [2.24, 2.45) is 0 Å². The fourth-order valence-electron chi connectivity index (χ4n) is 4.25. The number of aryl methyl sites for hydroxylation is 1. The second-order valence-electron chi connectivity index (χ2n) is 9.65. The number of rotatable bonds is 5. The van der Waals surface area contributed by atoms with Gasteiger partial charge in [0.1, 0.15) is 22.6 Å². The van der Waals surface area contributed by atoms with E-state index in [2.05, 4.69) is 10.3 Å². The Balaban J connectivity index is 1.57. The molecule has 1 aromatic heterocycles. The summed E-state index contributed by atoms with van der Waals surface area (Å²) in [5, 5.41) is 2.79. The molecule has 0 bridgehead atoms. The quantitative estimate of drug-likeness (QED) is 0.494. The summed E-state index contributed by atoms with van der Waals surface area (Å²) in [5.74, 6) is 0.818. The van der Waals surface area contributed by atoms with Crippen LogP contribution in [0.3, 0.4) is 0 Å². The predicted octanol–water partition coefficient (Wildman–Crippen LogP) is 5.47. The summed E-state index contributed by atoms with van der Waals surface area (Å²) >= 11 is 0. The number of alkyl carbamates (subject to hydrolysis) is 1. The molecular formula is C28H30N2O5. The molecule has 1 N–H and O–H groups in total. The van der Waals surface area contributed by atoms with Crippen LogP contribution in [0.1, 0.15) is 38.3 Å². The van der Waals surface area contributed by atoms with Crippen LogP contribution in [0.4, 0.5) is 4.79 Å². The van der Waals surface area contributed by atoms with Crippen LogP contribution in [-0.2, 0) is 27.1 Å². The van der Waals surface area contributed by atoms with E-state index < -0.39 is 23.2 Å². The van der Waals surface area contributed by atoms with Crippen molar-refractivity contribution in [1.82, 2.24) is 10.3 Å². The smallest absolute Gasteiger partial charge is 0.408 e. The Hall–Kier alpha value is -3.87. The van der Waals surface area contributed by atoms with Crippen molar-refractivity contribution < 1.29 is 23.8 Å². The van der Waals surface area contributed by atoms with Crippen LogP contribution in [0, 0.1) is 0 Å². The molecule has 1 amide bonds. The molecule has 0 spiro atoms. The average molecular weight is 475 g/mol. The van der Waals surface area contributed by atoms with Crippen molar-refractivity contribution in [1.29, 1.82) is 0 Å². The molecule has 3 aromatic rings. The molecule has 1 aliphatic rings. The largest absolute Gasteiger partial charge is 0.467 e. The van der Waals surface area contributed by atoms with Gasteiger partial charge >= 0.3 is 12.1 Å². The Morgan fingerprint density at radius 3 is 2.49 bits per heavy atom. The zero-order chi connectivity index (χ0) is 25.1. The molecule has 182 valence electrons. The maximum absolute atomic E-state index is 12.8. The van der Waals surface area contributed by atoms with Crippen LogP contribution < -0.4 is 10.1 Å². The number of hydrogen-bond acceptors (Lipinski definition) is 6. The minimum atomic E-state index is -1.21. The summed E-state index contributed by atoms with van der Waals surface area (Å²) in [6, 6.07) is 19.3. The van der Waals surface area contributed by atoms with Crippen LogP contribution in [0.5, 0.6) is 11.5 Å². The fourth-order valence-corrected chi connectivity index (χ4v) is 4.25. The minimum absolute atomic E-state index is 0.277. The molecule has 7 heteroatoms. The van der Waals surface area contributed by atoms with Crippen molar-refractivity contribution in [3.8, 4) is 22.8 Å². The highest BCUT2D eigenvalue weighted by Gasteiger charge is 2.44. The summed E-state index contributed by atoms with van der Waals surface area (Å²) < 4.78 is 16.6. The van der Waals surface area contributed by atoms with E-state index in [0.29, 0.717) is 24.3 Å². The van der Waals surface area contributed by atoms with Crippen LogP contribution in [0.25, 0.3) is 11.3 Å². The van der Waals surface area contributed by atoms with Gasteiger partial charge in [0.05, 0.1) is 12.8 Å². The Morgan fingerprint density at radius 1 is 0.971 bits per heavy atom. The van der Waals surface area contributed by atoms with Crippen LogP contribution >= 0.6 is 0 Å². The van der Waals surface area contributed by atoms with Gasteiger partial charge in [0, 0.05) is 18.2 Å². The van der Waals surface area contributed by atoms with Crippen molar-refractivity contribution in [3.05, 3.63) is 78.0 Å². The van der Waals surface area contributed by atoms with Crippen LogP contribution in [0.2, 0.25) is 0 Å². The highest BCUT2D eigenvalue weighted by atomic mass is 16.6. The maximum atomic E-state index is 12.8. The maximum Gasteiger partial charge on any atom is 0.408 e. The lowest BCUT2D eigenvalue weighted by Crippen LogP contribution is -2.59. The van der Waals surface area contributed by atoms with E-state index >= 15 is 0 Å². The Kier molecular flexibility index (Phi) is 6.78. The van der Waals surface area contributed by atoms with E-state index in [4.69, 9.17) is 14.2 Å². The van der Waals surface area contributed by atoms with Crippen molar-refractivity contribution in [3.63, 3.8) is 0 Å². The Morgan fingerprint density at radius 2 is 1.77 bits per heavy atom. The van der Waals surface area contributed by atoms with E-state index in [0.717, 1.165) is 22.4 Å². The van der Waals surface area contributed by atoms with Crippen LogP contribution in [0.15, 0.2) is 66.9 Å². The van der Waals surface area contributed by atoms with Crippen molar-refractivity contribution >= 4 is 12.1 Å². The van der Waals surface area contributed by atoms with Gasteiger partial charge in [0.15, 0.2) is 0 Å². The molecule has 4 rings (SSSR count). The number of ether oxygens (including phenoxy) is 3. The summed E-state index contributed by atoms with van der Waals surface area (Å²) in [7, 11) is 1.32. The first-order valence-corrected chi connectivity index (χ1v) is 11.6. The van der Waals surface area contributed by atoms with Gasteiger partial charge in [-0.2, -0.15) is 0 Å². The molecule has 35 heavy (non-hydrogen) atoms. The number of benzene rings is 2. The molecule has 0 aliphatic heterocycles. The number of aromatic nitrogens is 1. The molecule has 0 fully saturated rings. The molecular weight excluding hydrogens is 444 g/mol. The van der Waals surface area contributed by atoms with E-state index in [1.165, 1.54) is 7.11 Å². The van der Waals surface area contributed by atoms with E-state index in [-0.39, 0.29) is 6.42 Å². The normalized spacial score (nSPS) is 17.1. The number of methoxy groups -OCH3 is 1. The number of esters is 1. The van der Waals surface area contributed by atoms with Crippen molar-refractivity contribution in [2.45, 2.75) is 51.2 Å². The van der Waals surface area contributed by atoms with Gasteiger partial charge in [0.2, 0.25) is 0 Å². The third-order valence-electron chi connectivity index (χ3n) is 5.84. The van der Waals surface area contributed by atoms with E-state index in [1.807, 2.05) is 60.7 Å². The third kappa shape index (κ3) is 5.80. The van der Waals surface area contributed by atoms with Gasteiger partial charge < -0.3 is 19.5 Å². The number of nitrogens with zero attached hydrogens (tertiary/aromatic N) is 1. The zero-order valence-electron chi connectivity index (χ0n) is 20.5. The number of nitrogens with one attached hydrogen (secondary N) is 1. The number of amides is 1. The summed E-state index contributed by atoms with van der Waals surface area (Å²) in [6.45, 7) is 5.33. The highest BCUT2D eigenvalue weighted by molar-refractivity contribution is 5.86. The lowest BCUT2D eigenvalue weighted by Gasteiger charge is -2.36. The SMILES string of the molecule is COC(=O)C1(NC(=O)OC(C)(C)C)CCc2ccc(Oc3cccc(-c4ccccn4)c3)cc2C1. The lowest BCUT2D eigenvalue weighted by molar-refractivity contribution is -0.149. The Bertz CT molecular complexity index is 1220. The topological polar surface area (TPSA) is 86.8 Å². The van der Waals surface area contributed by atoms with Gasteiger partial charge in [0.25, 0.3) is 0 Å². The fraction of sp³-hybridized carbons (Fsp3) is 0.321. The molecule has 1 heterocycles. The monoisotopic (exact) mass is 474 g/mol. The first-order valence-electron chi connectivity index (χ1n) is 11.6. The molecule has 1 unspecified atom stereocenters. The number of hydrogen-bond donors (Lipinski definition) is 1. The first kappa shape index (κ1) is 24.3. The zero-order valence-corrected chi connectivity index (χ0v) is 20.5. The van der Waals surface area contributed by atoms with E-state index in [9.17, 15) is 9.59 Å². The minimum Gasteiger partial charge on any atom is -0.467 e. The van der Waals surface area contributed by atoms with Gasteiger partial charge in [-0.15, -0.1) is 0 Å². The highest BCUT2D eigenvalue weighted by Crippen LogP contribution is 2.34.